The summed E-state index contributed by atoms with van der Waals surface area (Å²) in [5, 5.41) is 15.2. The van der Waals surface area contributed by atoms with Gasteiger partial charge >= 0.3 is 5.97 Å². The lowest BCUT2D eigenvalue weighted by molar-refractivity contribution is -0.144. The second kappa shape index (κ2) is 10.9. The molecule has 1 aromatic heterocycles. The predicted octanol–water partition coefficient (Wildman–Crippen LogP) is 0.842. The SMILES string of the molecule is CC(C)[C@H](NC(=O)C(CS)Cc1c[nH]c2ccccc12)C(=O)N[C@@H](CC(N)=O)C(=O)O. The number of thiol groups is 1. The highest BCUT2D eigenvalue weighted by atomic mass is 32.1. The van der Waals surface area contributed by atoms with Gasteiger partial charge < -0.3 is 26.5 Å². The van der Waals surface area contributed by atoms with E-state index in [0.717, 1.165) is 16.5 Å². The Kier molecular flexibility index (Phi) is 8.49. The Labute approximate surface area is 185 Å². The first-order chi connectivity index (χ1) is 14.6. The van der Waals surface area contributed by atoms with Crippen molar-refractivity contribution in [3.8, 4) is 0 Å². The van der Waals surface area contributed by atoms with Gasteiger partial charge in [0.05, 0.1) is 12.3 Å². The van der Waals surface area contributed by atoms with E-state index in [1.165, 1.54) is 0 Å². The number of aliphatic carboxylic acids is 1. The zero-order valence-electron chi connectivity index (χ0n) is 17.4. The number of nitrogens with one attached hydrogen (secondary N) is 3. The van der Waals surface area contributed by atoms with E-state index in [0.29, 0.717) is 6.42 Å². The monoisotopic (exact) mass is 448 g/mol. The summed E-state index contributed by atoms with van der Waals surface area (Å²) in [6.07, 6.45) is 1.73. The van der Waals surface area contributed by atoms with Crippen LogP contribution >= 0.6 is 12.6 Å². The van der Waals surface area contributed by atoms with Crippen LogP contribution in [0.5, 0.6) is 0 Å². The number of fused-ring (bicyclic) bond motifs is 1. The van der Waals surface area contributed by atoms with E-state index < -0.39 is 42.2 Å². The minimum atomic E-state index is -1.46. The maximum atomic E-state index is 12.9. The Morgan fingerprint density at radius 2 is 1.81 bits per heavy atom. The summed E-state index contributed by atoms with van der Waals surface area (Å²) in [6, 6.07) is 5.30. The number of carbonyl (C=O) groups is 4. The van der Waals surface area contributed by atoms with E-state index >= 15 is 0 Å². The third kappa shape index (κ3) is 6.48. The fourth-order valence-electron chi connectivity index (χ4n) is 3.27. The number of aromatic nitrogens is 1. The molecule has 3 amide bonds. The van der Waals surface area contributed by atoms with Crippen LogP contribution in [0.2, 0.25) is 0 Å². The summed E-state index contributed by atoms with van der Waals surface area (Å²) in [5.41, 5.74) is 6.97. The van der Waals surface area contributed by atoms with E-state index in [1.54, 1.807) is 13.8 Å². The van der Waals surface area contributed by atoms with E-state index in [-0.39, 0.29) is 17.6 Å². The maximum Gasteiger partial charge on any atom is 0.326 e. The van der Waals surface area contributed by atoms with Crippen molar-refractivity contribution in [3.05, 3.63) is 36.0 Å². The number of aromatic amines is 1. The van der Waals surface area contributed by atoms with Crippen LogP contribution in [0.15, 0.2) is 30.5 Å². The van der Waals surface area contributed by atoms with E-state index in [1.807, 2.05) is 30.5 Å². The van der Waals surface area contributed by atoms with E-state index in [4.69, 9.17) is 5.73 Å². The number of hydrogen-bond acceptors (Lipinski definition) is 5. The van der Waals surface area contributed by atoms with E-state index in [2.05, 4.69) is 28.2 Å². The molecular formula is C21H28N4O5S. The van der Waals surface area contributed by atoms with Gasteiger partial charge in [-0.2, -0.15) is 12.6 Å². The third-order valence-electron chi connectivity index (χ3n) is 5.00. The fourth-order valence-corrected chi connectivity index (χ4v) is 3.57. The van der Waals surface area contributed by atoms with Gasteiger partial charge in [0.2, 0.25) is 17.7 Å². The molecule has 0 aliphatic carbocycles. The summed E-state index contributed by atoms with van der Waals surface area (Å²) in [5.74, 6) is -3.85. The Bertz CT molecular complexity index is 958. The standard InChI is InChI=1S/C21H28N4O5S/c1-11(2)18(20(28)24-16(21(29)30)8-17(22)26)25-19(27)13(10-31)7-12-9-23-15-6-4-3-5-14(12)15/h3-6,9,11,13,16,18,23,31H,7-8,10H2,1-2H3,(H2,22,26)(H,24,28)(H,25,27)(H,29,30)/t13?,16-,18-/m0/s1. The van der Waals surface area contributed by atoms with Gasteiger partial charge in [-0.15, -0.1) is 0 Å². The normalized spacial score (nSPS) is 14.1. The average Bonchev–Trinajstić information content (AvgIpc) is 3.11. The summed E-state index contributed by atoms with van der Waals surface area (Å²) in [7, 11) is 0. The topological polar surface area (TPSA) is 154 Å². The average molecular weight is 449 g/mol. The molecule has 0 bridgehead atoms. The highest BCUT2D eigenvalue weighted by Crippen LogP contribution is 2.21. The minimum Gasteiger partial charge on any atom is -0.480 e. The molecule has 10 heteroatoms. The fraction of sp³-hybridized carbons (Fsp3) is 0.429. The number of carboxylic acid groups (broad SMARTS) is 1. The third-order valence-corrected chi connectivity index (χ3v) is 5.44. The Morgan fingerprint density at radius 3 is 2.39 bits per heavy atom. The van der Waals surface area contributed by atoms with Crippen molar-refractivity contribution in [2.45, 2.75) is 38.8 Å². The summed E-state index contributed by atoms with van der Waals surface area (Å²) in [6.45, 7) is 3.45. The molecule has 1 heterocycles. The smallest absolute Gasteiger partial charge is 0.326 e. The molecule has 1 unspecified atom stereocenters. The van der Waals surface area contributed by atoms with Crippen LogP contribution < -0.4 is 16.4 Å². The van der Waals surface area contributed by atoms with Crippen LogP contribution in [0.1, 0.15) is 25.8 Å². The highest BCUT2D eigenvalue weighted by molar-refractivity contribution is 7.80. The van der Waals surface area contributed by atoms with Gasteiger partial charge in [0, 0.05) is 22.9 Å². The van der Waals surface area contributed by atoms with E-state index in [9.17, 15) is 24.3 Å². The molecule has 2 aromatic rings. The number of amides is 3. The van der Waals surface area contributed by atoms with Gasteiger partial charge in [0.25, 0.3) is 0 Å². The number of benzene rings is 1. The molecule has 0 fully saturated rings. The quantitative estimate of drug-likeness (QED) is 0.281. The molecule has 0 aliphatic rings. The molecule has 2 rings (SSSR count). The number of nitrogens with two attached hydrogens (primary N) is 1. The lowest BCUT2D eigenvalue weighted by Crippen LogP contribution is -2.55. The molecule has 0 saturated heterocycles. The molecule has 6 N–H and O–H groups in total. The van der Waals surface area contributed by atoms with Crippen LogP contribution in [0.25, 0.3) is 10.9 Å². The van der Waals surface area contributed by atoms with Gasteiger partial charge in [0.15, 0.2) is 0 Å². The first-order valence-electron chi connectivity index (χ1n) is 9.91. The Balaban J connectivity index is 2.11. The van der Waals surface area contributed by atoms with Crippen molar-refractivity contribution in [1.29, 1.82) is 0 Å². The number of hydrogen-bond donors (Lipinski definition) is 6. The predicted molar refractivity (Wildman–Crippen MR) is 119 cm³/mol. The number of rotatable bonds is 11. The molecule has 0 radical (unpaired) electrons. The lowest BCUT2D eigenvalue weighted by Gasteiger charge is -2.25. The van der Waals surface area contributed by atoms with Crippen LogP contribution in [0.3, 0.4) is 0 Å². The van der Waals surface area contributed by atoms with Crippen molar-refractivity contribution < 1.29 is 24.3 Å². The molecule has 0 saturated carbocycles. The van der Waals surface area contributed by atoms with Gasteiger partial charge in [-0.3, -0.25) is 14.4 Å². The second-order valence-electron chi connectivity index (χ2n) is 7.74. The molecular weight excluding hydrogens is 420 g/mol. The summed E-state index contributed by atoms with van der Waals surface area (Å²) >= 11 is 4.31. The molecule has 1 aromatic carbocycles. The van der Waals surface area contributed by atoms with Crippen LogP contribution in [-0.4, -0.2) is 51.6 Å². The van der Waals surface area contributed by atoms with Crippen LogP contribution in [0.4, 0.5) is 0 Å². The zero-order valence-corrected chi connectivity index (χ0v) is 18.3. The lowest BCUT2D eigenvalue weighted by atomic mass is 9.97. The minimum absolute atomic E-state index is 0.261. The molecule has 168 valence electrons. The number of para-hydroxylation sites is 1. The van der Waals surface area contributed by atoms with Crippen molar-refractivity contribution in [1.82, 2.24) is 15.6 Å². The molecule has 31 heavy (non-hydrogen) atoms. The van der Waals surface area contributed by atoms with Crippen molar-refractivity contribution in [3.63, 3.8) is 0 Å². The maximum absolute atomic E-state index is 12.9. The van der Waals surface area contributed by atoms with Crippen LogP contribution in [0, 0.1) is 11.8 Å². The van der Waals surface area contributed by atoms with Gasteiger partial charge in [-0.05, 0) is 24.0 Å². The molecule has 9 nitrogen and oxygen atoms in total. The largest absolute Gasteiger partial charge is 0.480 e. The first kappa shape index (κ1) is 24.3. The number of H-pyrrole nitrogens is 1. The highest BCUT2D eigenvalue weighted by Gasteiger charge is 2.31. The van der Waals surface area contributed by atoms with Crippen molar-refractivity contribution in [2.24, 2.45) is 17.6 Å². The molecule has 0 aliphatic heterocycles. The molecule has 3 atom stereocenters. The van der Waals surface area contributed by atoms with Crippen LogP contribution in [-0.2, 0) is 25.6 Å². The number of primary amides is 1. The zero-order chi connectivity index (χ0) is 23.1. The summed E-state index contributed by atoms with van der Waals surface area (Å²) < 4.78 is 0. The van der Waals surface area contributed by atoms with Gasteiger partial charge in [0.1, 0.15) is 12.1 Å². The van der Waals surface area contributed by atoms with Gasteiger partial charge in [-0.25, -0.2) is 4.79 Å². The second-order valence-corrected chi connectivity index (χ2v) is 8.11. The number of carbonyl (C=O) groups excluding carboxylic acids is 3. The van der Waals surface area contributed by atoms with Crippen molar-refractivity contribution in [2.75, 3.05) is 5.75 Å². The summed E-state index contributed by atoms with van der Waals surface area (Å²) in [4.78, 5) is 51.1. The first-order valence-corrected chi connectivity index (χ1v) is 10.5. The molecule has 0 spiro atoms. The Hall–Kier alpha value is -3.01. The Morgan fingerprint density at radius 1 is 1.13 bits per heavy atom. The van der Waals surface area contributed by atoms with Gasteiger partial charge in [-0.1, -0.05) is 32.0 Å². The van der Waals surface area contributed by atoms with Crippen molar-refractivity contribution >= 4 is 47.2 Å². The number of carboxylic acids is 1.